The van der Waals surface area contributed by atoms with Crippen molar-refractivity contribution in [3.8, 4) is 11.5 Å². The molecule has 1 aromatic heterocycles. The summed E-state index contributed by atoms with van der Waals surface area (Å²) in [5.74, 6) is -0.396. The van der Waals surface area contributed by atoms with Crippen molar-refractivity contribution >= 4 is 28.3 Å². The van der Waals surface area contributed by atoms with E-state index >= 15 is 0 Å². The molecule has 1 aromatic carbocycles. The average Bonchev–Trinajstić information content (AvgIpc) is 2.50. The zero-order valence-corrected chi connectivity index (χ0v) is 12.6. The number of esters is 1. The number of ether oxygens (including phenoxy) is 2. The predicted octanol–water partition coefficient (Wildman–Crippen LogP) is 3.56. The lowest BCUT2D eigenvalue weighted by Gasteiger charge is -2.10. The van der Waals surface area contributed by atoms with Crippen LogP contribution in [0.4, 0.5) is 0 Å². The first kappa shape index (κ1) is 15.4. The maximum atomic E-state index is 12.0. The van der Waals surface area contributed by atoms with E-state index in [0.717, 1.165) is 12.8 Å². The van der Waals surface area contributed by atoms with Crippen LogP contribution >= 0.6 is 11.6 Å². The molecule has 0 bridgehead atoms. The Morgan fingerprint density at radius 3 is 2.81 bits per heavy atom. The van der Waals surface area contributed by atoms with Gasteiger partial charge >= 0.3 is 5.97 Å². The first-order chi connectivity index (χ1) is 10.1. The average molecular weight is 310 g/mol. The summed E-state index contributed by atoms with van der Waals surface area (Å²) in [6.45, 7) is 2.27. The summed E-state index contributed by atoms with van der Waals surface area (Å²) in [5.41, 5.74) is -0.183. The molecule has 0 atom stereocenters. The van der Waals surface area contributed by atoms with Gasteiger partial charge in [0.2, 0.25) is 0 Å². The highest BCUT2D eigenvalue weighted by Crippen LogP contribution is 2.34. The van der Waals surface area contributed by atoms with Crippen molar-refractivity contribution in [2.45, 2.75) is 19.8 Å². The Hall–Kier alpha value is -2.01. The number of nitrogens with zero attached hydrogens (tertiary/aromatic N) is 1. The second-order valence-electron chi connectivity index (χ2n) is 4.50. The molecule has 0 amide bonds. The molecule has 21 heavy (non-hydrogen) atoms. The molecule has 0 aliphatic rings. The maximum Gasteiger partial charge on any atom is 0.360 e. The number of aromatic hydroxyl groups is 1. The van der Waals surface area contributed by atoms with Gasteiger partial charge in [0.1, 0.15) is 10.9 Å². The molecular weight excluding hydrogens is 294 g/mol. The zero-order chi connectivity index (χ0) is 15.4. The van der Waals surface area contributed by atoms with E-state index in [-0.39, 0.29) is 23.2 Å². The fourth-order valence-corrected chi connectivity index (χ4v) is 2.13. The lowest BCUT2D eigenvalue weighted by atomic mass is 10.1. The number of benzene rings is 1. The Morgan fingerprint density at radius 2 is 2.14 bits per heavy atom. The molecule has 112 valence electrons. The second-order valence-corrected chi connectivity index (χ2v) is 4.86. The summed E-state index contributed by atoms with van der Waals surface area (Å²) < 4.78 is 10.2. The normalized spacial score (nSPS) is 10.6. The minimum Gasteiger partial charge on any atom is -0.505 e. The molecule has 0 spiro atoms. The molecule has 2 aromatic rings. The highest BCUT2D eigenvalue weighted by Gasteiger charge is 2.20. The molecule has 0 saturated heterocycles. The molecule has 5 nitrogen and oxygen atoms in total. The first-order valence-electron chi connectivity index (χ1n) is 6.61. The number of aromatic nitrogens is 1. The molecule has 1 N–H and O–H groups in total. The van der Waals surface area contributed by atoms with Gasteiger partial charge in [-0.15, -0.1) is 0 Å². The van der Waals surface area contributed by atoms with E-state index in [4.69, 9.17) is 21.1 Å². The van der Waals surface area contributed by atoms with Gasteiger partial charge in [0.15, 0.2) is 11.4 Å². The number of rotatable bonds is 5. The van der Waals surface area contributed by atoms with Crippen molar-refractivity contribution in [1.29, 1.82) is 0 Å². The summed E-state index contributed by atoms with van der Waals surface area (Å²) in [4.78, 5) is 15.9. The summed E-state index contributed by atoms with van der Waals surface area (Å²) in [6, 6.07) is 4.98. The SMILES string of the molecule is CCCCOC(=O)c1nc(Cl)c2ccc(OC)cc2c1O. The minimum absolute atomic E-state index is 0.132. The molecule has 2 rings (SSSR count). The van der Waals surface area contributed by atoms with E-state index in [0.29, 0.717) is 16.5 Å². The van der Waals surface area contributed by atoms with Gasteiger partial charge in [-0.2, -0.15) is 0 Å². The molecule has 0 radical (unpaired) electrons. The fourth-order valence-electron chi connectivity index (χ4n) is 1.88. The van der Waals surface area contributed by atoms with Gasteiger partial charge in [-0.25, -0.2) is 9.78 Å². The third kappa shape index (κ3) is 3.19. The number of hydrogen-bond acceptors (Lipinski definition) is 5. The number of unbranched alkanes of at least 4 members (excludes halogenated alkanes) is 1. The fraction of sp³-hybridized carbons (Fsp3) is 0.333. The van der Waals surface area contributed by atoms with Crippen LogP contribution in [0.2, 0.25) is 5.15 Å². The van der Waals surface area contributed by atoms with E-state index in [9.17, 15) is 9.90 Å². The topological polar surface area (TPSA) is 68.7 Å². The predicted molar refractivity (Wildman–Crippen MR) is 80.2 cm³/mol. The van der Waals surface area contributed by atoms with E-state index in [1.807, 2.05) is 6.92 Å². The number of carbonyl (C=O) groups excluding carboxylic acids is 1. The van der Waals surface area contributed by atoms with Gasteiger partial charge in [-0.3, -0.25) is 0 Å². The highest BCUT2D eigenvalue weighted by molar-refractivity contribution is 6.34. The third-order valence-electron chi connectivity index (χ3n) is 3.06. The zero-order valence-electron chi connectivity index (χ0n) is 11.9. The highest BCUT2D eigenvalue weighted by atomic mass is 35.5. The van der Waals surface area contributed by atoms with Gasteiger partial charge in [0.05, 0.1) is 13.7 Å². The van der Waals surface area contributed by atoms with Gasteiger partial charge < -0.3 is 14.6 Å². The Labute approximate surface area is 127 Å². The van der Waals surface area contributed by atoms with Crippen molar-refractivity contribution in [2.75, 3.05) is 13.7 Å². The lowest BCUT2D eigenvalue weighted by Crippen LogP contribution is -2.09. The van der Waals surface area contributed by atoms with Crippen molar-refractivity contribution < 1.29 is 19.4 Å². The summed E-state index contributed by atoms with van der Waals surface area (Å²) in [6.07, 6.45) is 1.66. The van der Waals surface area contributed by atoms with Crippen molar-refractivity contribution in [1.82, 2.24) is 4.98 Å². The van der Waals surface area contributed by atoms with Crippen molar-refractivity contribution in [3.05, 3.63) is 29.0 Å². The molecule has 0 fully saturated rings. The number of carbonyl (C=O) groups is 1. The summed E-state index contributed by atoms with van der Waals surface area (Å²) in [7, 11) is 1.51. The largest absolute Gasteiger partial charge is 0.505 e. The number of methoxy groups -OCH3 is 1. The molecule has 0 saturated carbocycles. The quantitative estimate of drug-likeness (QED) is 0.519. The van der Waals surface area contributed by atoms with Crippen LogP contribution in [0.25, 0.3) is 10.8 Å². The maximum absolute atomic E-state index is 12.0. The Bertz CT molecular complexity index is 672. The smallest absolute Gasteiger partial charge is 0.360 e. The van der Waals surface area contributed by atoms with E-state index < -0.39 is 5.97 Å². The monoisotopic (exact) mass is 309 g/mol. The van der Waals surface area contributed by atoms with E-state index in [1.54, 1.807) is 18.2 Å². The lowest BCUT2D eigenvalue weighted by molar-refractivity contribution is 0.0489. The van der Waals surface area contributed by atoms with Crippen molar-refractivity contribution in [2.24, 2.45) is 0 Å². The second kappa shape index (κ2) is 6.63. The van der Waals surface area contributed by atoms with Crippen LogP contribution in [-0.2, 0) is 4.74 Å². The minimum atomic E-state index is -0.687. The third-order valence-corrected chi connectivity index (χ3v) is 3.35. The molecule has 0 aliphatic heterocycles. The summed E-state index contributed by atoms with van der Waals surface area (Å²) in [5, 5.41) is 11.3. The van der Waals surface area contributed by atoms with Gasteiger partial charge in [-0.05, 0) is 24.6 Å². The van der Waals surface area contributed by atoms with Gasteiger partial charge in [0.25, 0.3) is 0 Å². The van der Waals surface area contributed by atoms with Crippen LogP contribution in [0.1, 0.15) is 30.3 Å². The number of halogens is 1. The standard InChI is InChI=1S/C15H16ClNO4/c1-3-4-7-21-15(19)12-13(18)11-8-9(20-2)5-6-10(11)14(16)17-12/h5-6,8,18H,3-4,7H2,1-2H3. The van der Waals surface area contributed by atoms with Crippen LogP contribution in [0, 0.1) is 0 Å². The Balaban J connectivity index is 2.45. The van der Waals surface area contributed by atoms with Crippen LogP contribution in [0.3, 0.4) is 0 Å². The van der Waals surface area contributed by atoms with Crippen LogP contribution < -0.4 is 4.74 Å². The molecule has 1 heterocycles. The molecule has 6 heteroatoms. The summed E-state index contributed by atoms with van der Waals surface area (Å²) >= 11 is 6.06. The Kier molecular flexibility index (Phi) is 4.85. The number of pyridine rings is 1. The number of hydrogen-bond donors (Lipinski definition) is 1. The molecular formula is C15H16ClNO4. The van der Waals surface area contributed by atoms with Gasteiger partial charge in [0, 0.05) is 10.8 Å². The van der Waals surface area contributed by atoms with Crippen LogP contribution in [-0.4, -0.2) is 29.8 Å². The van der Waals surface area contributed by atoms with Crippen LogP contribution in [0.15, 0.2) is 18.2 Å². The van der Waals surface area contributed by atoms with E-state index in [1.165, 1.54) is 7.11 Å². The number of fused-ring (bicyclic) bond motifs is 1. The van der Waals surface area contributed by atoms with Gasteiger partial charge in [-0.1, -0.05) is 24.9 Å². The molecule has 0 aliphatic carbocycles. The van der Waals surface area contributed by atoms with Crippen LogP contribution in [0.5, 0.6) is 11.5 Å². The Morgan fingerprint density at radius 1 is 1.38 bits per heavy atom. The first-order valence-corrected chi connectivity index (χ1v) is 6.99. The molecule has 0 unspecified atom stereocenters. The van der Waals surface area contributed by atoms with E-state index in [2.05, 4.69) is 4.98 Å². The van der Waals surface area contributed by atoms with Crippen molar-refractivity contribution in [3.63, 3.8) is 0 Å².